The Kier molecular flexibility index (Phi) is 3.80. The highest BCUT2D eigenvalue weighted by molar-refractivity contribution is 7.39. The molecule has 1 atom stereocenters. The fraction of sp³-hybridized carbons (Fsp3) is 0.241. The second-order valence-electron chi connectivity index (χ2n) is 9.30. The van der Waals surface area contributed by atoms with Crippen LogP contribution in [0.15, 0.2) is 48.0 Å². The van der Waals surface area contributed by atoms with Gasteiger partial charge in [-0.1, -0.05) is 66.4 Å². The van der Waals surface area contributed by atoms with Crippen molar-refractivity contribution >= 4 is 64.6 Å². The van der Waals surface area contributed by atoms with Gasteiger partial charge in [0.2, 0.25) is 0 Å². The second kappa shape index (κ2) is 6.50. The maximum atomic E-state index is 2.51. The molecule has 1 aromatic heterocycles. The first-order chi connectivity index (χ1) is 15.3. The van der Waals surface area contributed by atoms with Gasteiger partial charge in [-0.2, -0.15) is 0 Å². The Labute approximate surface area is 186 Å². The van der Waals surface area contributed by atoms with E-state index in [1.807, 2.05) is 0 Å². The van der Waals surface area contributed by atoms with Crippen molar-refractivity contribution in [2.75, 3.05) is 0 Å². The summed E-state index contributed by atoms with van der Waals surface area (Å²) in [4.78, 5) is 0. The largest absolute Gasteiger partial charge is 0.188 e. The van der Waals surface area contributed by atoms with Gasteiger partial charge in [0, 0.05) is 5.12 Å². The molecule has 0 nitrogen and oxygen atoms in total. The van der Waals surface area contributed by atoms with Crippen molar-refractivity contribution in [1.82, 2.24) is 0 Å². The van der Waals surface area contributed by atoms with Crippen LogP contribution in [0.5, 0.6) is 0 Å². The summed E-state index contributed by atoms with van der Waals surface area (Å²) < 4.78 is 0. The third-order valence-electron chi connectivity index (χ3n) is 7.77. The van der Waals surface area contributed by atoms with E-state index < -0.39 is 0 Å². The van der Waals surface area contributed by atoms with Crippen LogP contribution in [0.4, 0.5) is 0 Å². The lowest BCUT2D eigenvalue weighted by Crippen LogP contribution is -2.17. The molecule has 3 aromatic carbocycles. The van der Waals surface area contributed by atoms with Gasteiger partial charge in [-0.15, -0.1) is 8.19 Å². The smallest absolute Gasteiger partial charge is 0.127 e. The highest BCUT2D eigenvalue weighted by Gasteiger charge is 2.27. The quantitative estimate of drug-likeness (QED) is 0.224. The molecule has 31 heavy (non-hydrogen) atoms. The summed E-state index contributed by atoms with van der Waals surface area (Å²) in [5, 5.41) is 10.8. The number of hydrogen-bond donors (Lipinski definition) is 0. The number of benzene rings is 3. The molecule has 0 spiro atoms. The first kappa shape index (κ1) is 18.1. The summed E-state index contributed by atoms with van der Waals surface area (Å²) >= 11 is 0. The van der Waals surface area contributed by atoms with Gasteiger partial charge in [0.05, 0.1) is 0 Å². The van der Waals surface area contributed by atoms with Gasteiger partial charge in [-0.3, -0.25) is 0 Å². The maximum absolute atomic E-state index is 2.51. The molecule has 2 heterocycles. The van der Waals surface area contributed by atoms with Crippen molar-refractivity contribution in [3.63, 3.8) is 0 Å². The molecule has 0 saturated carbocycles. The van der Waals surface area contributed by atoms with Crippen LogP contribution in [0, 0.1) is 6.92 Å². The number of aryl methyl sites for hydroxylation is 3. The van der Waals surface area contributed by atoms with Crippen LogP contribution in [0.25, 0.3) is 43.7 Å². The van der Waals surface area contributed by atoms with Crippen LogP contribution in [0.2, 0.25) is 0 Å². The van der Waals surface area contributed by atoms with Crippen molar-refractivity contribution in [2.24, 2.45) is 0 Å². The Bertz CT molecular complexity index is 1540. The van der Waals surface area contributed by atoms with Gasteiger partial charge in [0.1, 0.15) is 0 Å². The van der Waals surface area contributed by atoms with Crippen LogP contribution in [0.3, 0.4) is 0 Å². The first-order valence-corrected chi connectivity index (χ1v) is 12.7. The molecule has 0 fully saturated rings. The van der Waals surface area contributed by atoms with E-state index in [1.165, 1.54) is 80.4 Å². The van der Waals surface area contributed by atoms with E-state index in [9.17, 15) is 0 Å². The summed E-state index contributed by atoms with van der Waals surface area (Å²) in [6.45, 7) is 4.70. The normalized spacial score (nSPS) is 17.1. The van der Waals surface area contributed by atoms with Crippen molar-refractivity contribution in [1.29, 1.82) is 0 Å². The molecule has 2 aliphatic carbocycles. The number of rotatable bonds is 1. The fourth-order valence-corrected chi connectivity index (χ4v) is 8.00. The third-order valence-corrected chi connectivity index (χ3v) is 9.36. The zero-order valence-electron chi connectivity index (χ0n) is 18.2. The predicted molar refractivity (Wildman–Crippen MR) is 141 cm³/mol. The van der Waals surface area contributed by atoms with E-state index in [-0.39, 0.29) is 0 Å². The molecule has 1 radical (unpaired) electrons. The van der Waals surface area contributed by atoms with Gasteiger partial charge < -0.3 is 0 Å². The van der Waals surface area contributed by atoms with Crippen molar-refractivity contribution in [3.8, 4) is 0 Å². The standard InChI is InChI=1S/C29H25BP/c1-3-17-26-18(12-14-22-20-8-4-6-10-24(20)30-28(22)26)16(2)19-13-15-23-21-9-5-7-11-25(21)31-29(23)27(17)19/h4-5,8-9,12-15,31H,3,6-7,10-11H2,1-2H3. The molecule has 3 aliphatic rings. The highest BCUT2D eigenvalue weighted by atomic mass is 31.0. The van der Waals surface area contributed by atoms with E-state index >= 15 is 0 Å². The fourth-order valence-electron chi connectivity index (χ4n) is 6.31. The van der Waals surface area contributed by atoms with Crippen LogP contribution in [-0.4, -0.2) is 7.28 Å². The minimum absolute atomic E-state index is 0.837. The minimum Gasteiger partial charge on any atom is -0.127 e. The summed E-state index contributed by atoms with van der Waals surface area (Å²) in [5.74, 6) is 0. The Morgan fingerprint density at radius 1 is 0.903 bits per heavy atom. The van der Waals surface area contributed by atoms with Crippen LogP contribution in [0.1, 0.15) is 53.7 Å². The molecule has 0 bridgehead atoms. The van der Waals surface area contributed by atoms with E-state index in [4.69, 9.17) is 0 Å². The molecule has 0 saturated heterocycles. The molecule has 7 rings (SSSR count). The van der Waals surface area contributed by atoms with Crippen molar-refractivity contribution < 1.29 is 0 Å². The number of hydrogen-bond acceptors (Lipinski definition) is 0. The lowest BCUT2D eigenvalue weighted by Gasteiger charge is -2.18. The van der Waals surface area contributed by atoms with E-state index in [0.29, 0.717) is 0 Å². The third kappa shape index (κ3) is 2.34. The van der Waals surface area contributed by atoms with Crippen LogP contribution in [-0.2, 0) is 12.8 Å². The number of allylic oxidation sites excluding steroid dienone is 5. The zero-order valence-corrected chi connectivity index (χ0v) is 19.2. The lowest BCUT2D eigenvalue weighted by atomic mass is 9.62. The first-order valence-electron chi connectivity index (χ1n) is 11.7. The molecular formula is C29H25BP. The monoisotopic (exact) mass is 415 g/mol. The van der Waals surface area contributed by atoms with Gasteiger partial charge in [-0.05, 0) is 99.1 Å². The van der Waals surface area contributed by atoms with E-state index in [1.54, 1.807) is 21.4 Å². The highest BCUT2D eigenvalue weighted by Crippen LogP contribution is 2.46. The Balaban J connectivity index is 1.65. The van der Waals surface area contributed by atoms with Crippen molar-refractivity contribution in [2.45, 2.75) is 46.0 Å². The predicted octanol–water partition coefficient (Wildman–Crippen LogP) is 7.41. The lowest BCUT2D eigenvalue weighted by molar-refractivity contribution is 1.02. The molecule has 1 unspecified atom stereocenters. The van der Waals surface area contributed by atoms with Crippen LogP contribution >= 0.6 is 8.19 Å². The molecule has 0 amide bonds. The van der Waals surface area contributed by atoms with Gasteiger partial charge in [-0.25, -0.2) is 0 Å². The maximum Gasteiger partial charge on any atom is 0.188 e. The Morgan fingerprint density at radius 3 is 2.58 bits per heavy atom. The van der Waals surface area contributed by atoms with E-state index in [2.05, 4.69) is 69.7 Å². The topological polar surface area (TPSA) is 0 Å². The van der Waals surface area contributed by atoms with Gasteiger partial charge in [0.15, 0.2) is 7.28 Å². The molecule has 4 aromatic rings. The summed E-state index contributed by atoms with van der Waals surface area (Å²) in [6, 6.07) is 9.60. The zero-order chi connectivity index (χ0) is 20.7. The Hall–Kier alpha value is -2.50. The average molecular weight is 415 g/mol. The molecule has 0 N–H and O–H groups in total. The van der Waals surface area contributed by atoms with Crippen molar-refractivity contribution in [3.05, 3.63) is 75.5 Å². The SMILES string of the molecule is CCc1c2c3c(ccc2c(C)c2ccc4c5c([pH]c4c12)CCC=C5)C1=C([B]3)CCC=C1. The average Bonchev–Trinajstić information content (AvgIpc) is 3.38. The molecular weight excluding hydrogens is 390 g/mol. The summed E-state index contributed by atoms with van der Waals surface area (Å²) in [5.41, 5.74) is 10.5. The molecule has 149 valence electrons. The molecule has 1 aliphatic heterocycles. The van der Waals surface area contributed by atoms with E-state index in [0.717, 1.165) is 14.6 Å². The summed E-state index contributed by atoms with van der Waals surface area (Å²) in [6.07, 6.45) is 15.3. The van der Waals surface area contributed by atoms with Gasteiger partial charge >= 0.3 is 0 Å². The Morgan fingerprint density at radius 2 is 1.68 bits per heavy atom. The summed E-state index contributed by atoms with van der Waals surface area (Å²) in [7, 11) is 3.35. The number of fused-ring (bicyclic) bond motifs is 9. The molecule has 2 heteroatoms. The minimum atomic E-state index is 0.837. The van der Waals surface area contributed by atoms with Crippen LogP contribution < -0.4 is 5.46 Å². The second-order valence-corrected chi connectivity index (χ2v) is 10.7. The van der Waals surface area contributed by atoms with Gasteiger partial charge in [0.25, 0.3) is 0 Å².